The van der Waals surface area contributed by atoms with Gasteiger partial charge in [0.2, 0.25) is 10.0 Å². The highest BCUT2D eigenvalue weighted by Crippen LogP contribution is 2.10. The smallest absolute Gasteiger partial charge is 0.240 e. The molecule has 0 aromatic heterocycles. The van der Waals surface area contributed by atoms with Crippen molar-refractivity contribution < 1.29 is 18.6 Å². The molecule has 1 rings (SSSR count). The Morgan fingerprint density at radius 1 is 1.33 bits per heavy atom. The van der Waals surface area contributed by atoms with E-state index < -0.39 is 28.8 Å². The van der Waals surface area contributed by atoms with Crippen molar-refractivity contribution >= 4 is 10.0 Å². The van der Waals surface area contributed by atoms with Crippen LogP contribution in [0.25, 0.3) is 0 Å². The largest absolute Gasteiger partial charge is 0.395 e. The Bertz CT molecular complexity index is 472. The highest BCUT2D eigenvalue weighted by atomic mass is 32.2. The van der Waals surface area contributed by atoms with Crippen molar-refractivity contribution in [3.8, 4) is 0 Å². The molecule has 0 saturated heterocycles. The minimum absolute atomic E-state index is 0.0919. The molecule has 0 aliphatic carbocycles. The maximum atomic E-state index is 12.0. The molecule has 0 heterocycles. The Morgan fingerprint density at radius 2 is 1.94 bits per heavy atom. The van der Waals surface area contributed by atoms with Crippen LogP contribution in [0.1, 0.15) is 6.42 Å². The SMILES string of the molecule is C=CC[C@H](O)[C@@H](CO)NS(=O)(=O)c1ccccc1. The monoisotopic (exact) mass is 271 g/mol. The summed E-state index contributed by atoms with van der Waals surface area (Å²) in [6.07, 6.45) is 0.651. The van der Waals surface area contributed by atoms with E-state index in [1.54, 1.807) is 18.2 Å². The first kappa shape index (κ1) is 14.8. The van der Waals surface area contributed by atoms with Crippen LogP contribution >= 0.6 is 0 Å². The fraction of sp³-hybridized carbons (Fsp3) is 0.333. The molecule has 1 aromatic rings. The Hall–Kier alpha value is -1.21. The standard InChI is InChI=1S/C12H17NO4S/c1-2-6-12(15)11(9-14)13-18(16,17)10-7-4-3-5-8-10/h2-5,7-8,11-15H,1,6,9H2/t11-,12+/m1/s1. The van der Waals surface area contributed by atoms with Crippen LogP contribution in [0.2, 0.25) is 0 Å². The lowest BCUT2D eigenvalue weighted by molar-refractivity contribution is 0.103. The molecule has 6 heteroatoms. The normalized spacial score (nSPS) is 15.0. The maximum Gasteiger partial charge on any atom is 0.240 e. The Morgan fingerprint density at radius 3 is 2.44 bits per heavy atom. The van der Waals surface area contributed by atoms with Crippen molar-refractivity contribution in [2.45, 2.75) is 23.5 Å². The third-order valence-electron chi connectivity index (χ3n) is 2.43. The van der Waals surface area contributed by atoms with Crippen LogP contribution in [0.15, 0.2) is 47.9 Å². The van der Waals surface area contributed by atoms with E-state index in [2.05, 4.69) is 11.3 Å². The van der Waals surface area contributed by atoms with E-state index in [9.17, 15) is 13.5 Å². The first-order chi connectivity index (χ1) is 8.51. The molecule has 0 amide bonds. The van der Waals surface area contributed by atoms with Crippen LogP contribution < -0.4 is 4.72 Å². The van der Waals surface area contributed by atoms with Gasteiger partial charge in [-0.05, 0) is 18.6 Å². The highest BCUT2D eigenvalue weighted by molar-refractivity contribution is 7.89. The number of aliphatic hydroxyl groups excluding tert-OH is 2. The maximum absolute atomic E-state index is 12.0. The fourth-order valence-electron chi connectivity index (χ4n) is 1.44. The van der Waals surface area contributed by atoms with Crippen LogP contribution in [-0.4, -0.2) is 37.4 Å². The van der Waals surface area contributed by atoms with Gasteiger partial charge in [-0.1, -0.05) is 24.3 Å². The molecule has 5 nitrogen and oxygen atoms in total. The van der Waals surface area contributed by atoms with Gasteiger partial charge in [0, 0.05) is 0 Å². The molecule has 2 atom stereocenters. The van der Waals surface area contributed by atoms with Gasteiger partial charge in [0.1, 0.15) is 0 Å². The lowest BCUT2D eigenvalue weighted by atomic mass is 10.1. The lowest BCUT2D eigenvalue weighted by Crippen LogP contribution is -2.45. The minimum atomic E-state index is -3.74. The number of rotatable bonds is 7. The zero-order chi connectivity index (χ0) is 13.6. The van der Waals surface area contributed by atoms with Crippen molar-refractivity contribution in [2.75, 3.05) is 6.61 Å². The predicted octanol–water partition coefficient (Wildman–Crippen LogP) is 0.263. The van der Waals surface area contributed by atoms with Gasteiger partial charge in [0.05, 0.1) is 23.6 Å². The van der Waals surface area contributed by atoms with Crippen molar-refractivity contribution in [1.82, 2.24) is 4.72 Å². The van der Waals surface area contributed by atoms with Crippen LogP contribution in [0.3, 0.4) is 0 Å². The van der Waals surface area contributed by atoms with Gasteiger partial charge in [0.15, 0.2) is 0 Å². The summed E-state index contributed by atoms with van der Waals surface area (Å²) in [5, 5.41) is 18.8. The molecule has 0 saturated carbocycles. The summed E-state index contributed by atoms with van der Waals surface area (Å²) < 4.78 is 26.2. The number of sulfonamides is 1. The molecular formula is C12H17NO4S. The second-order valence-electron chi connectivity index (χ2n) is 3.82. The van der Waals surface area contributed by atoms with E-state index in [4.69, 9.17) is 5.11 Å². The first-order valence-corrected chi connectivity index (χ1v) is 6.96. The lowest BCUT2D eigenvalue weighted by Gasteiger charge is -2.21. The zero-order valence-electron chi connectivity index (χ0n) is 9.86. The van der Waals surface area contributed by atoms with Crippen LogP contribution in [0, 0.1) is 0 Å². The second kappa shape index (κ2) is 6.65. The van der Waals surface area contributed by atoms with Gasteiger partial charge in [0.25, 0.3) is 0 Å². The molecule has 18 heavy (non-hydrogen) atoms. The van der Waals surface area contributed by atoms with Gasteiger partial charge in [-0.15, -0.1) is 6.58 Å². The molecule has 0 spiro atoms. The summed E-state index contributed by atoms with van der Waals surface area (Å²) in [5.74, 6) is 0. The van der Waals surface area contributed by atoms with E-state index in [1.165, 1.54) is 18.2 Å². The molecule has 0 aliphatic heterocycles. The molecule has 100 valence electrons. The van der Waals surface area contributed by atoms with Gasteiger partial charge in [-0.2, -0.15) is 0 Å². The molecule has 0 aliphatic rings. The van der Waals surface area contributed by atoms with Crippen LogP contribution in [0.4, 0.5) is 0 Å². The Kier molecular flexibility index (Phi) is 5.49. The molecule has 0 radical (unpaired) electrons. The van der Waals surface area contributed by atoms with Gasteiger partial charge in [-0.25, -0.2) is 13.1 Å². The minimum Gasteiger partial charge on any atom is -0.395 e. The van der Waals surface area contributed by atoms with Gasteiger partial charge < -0.3 is 10.2 Å². The average Bonchev–Trinajstić information content (AvgIpc) is 2.37. The first-order valence-electron chi connectivity index (χ1n) is 5.48. The number of hydrogen-bond acceptors (Lipinski definition) is 4. The Labute approximate surface area is 107 Å². The molecule has 0 bridgehead atoms. The molecule has 3 N–H and O–H groups in total. The number of benzene rings is 1. The van der Waals surface area contributed by atoms with E-state index in [1.807, 2.05) is 0 Å². The summed E-state index contributed by atoms with van der Waals surface area (Å²) in [6, 6.07) is 6.83. The van der Waals surface area contributed by atoms with Crippen molar-refractivity contribution in [3.63, 3.8) is 0 Å². The number of aliphatic hydroxyl groups is 2. The number of nitrogens with one attached hydrogen (secondary N) is 1. The summed E-state index contributed by atoms with van der Waals surface area (Å²) in [5.41, 5.74) is 0. The van der Waals surface area contributed by atoms with E-state index in [0.29, 0.717) is 0 Å². The third kappa shape index (κ3) is 3.92. The van der Waals surface area contributed by atoms with Crippen LogP contribution in [-0.2, 0) is 10.0 Å². The fourth-order valence-corrected chi connectivity index (χ4v) is 2.72. The van der Waals surface area contributed by atoms with Crippen molar-refractivity contribution in [1.29, 1.82) is 0 Å². The summed E-state index contributed by atoms with van der Waals surface area (Å²) in [4.78, 5) is 0.0919. The molecule has 0 fully saturated rings. The quantitative estimate of drug-likeness (QED) is 0.621. The third-order valence-corrected chi connectivity index (χ3v) is 3.94. The van der Waals surface area contributed by atoms with E-state index >= 15 is 0 Å². The van der Waals surface area contributed by atoms with Crippen molar-refractivity contribution in [3.05, 3.63) is 43.0 Å². The highest BCUT2D eigenvalue weighted by Gasteiger charge is 2.24. The van der Waals surface area contributed by atoms with Crippen molar-refractivity contribution in [2.24, 2.45) is 0 Å². The van der Waals surface area contributed by atoms with Gasteiger partial charge in [-0.3, -0.25) is 0 Å². The summed E-state index contributed by atoms with van der Waals surface area (Å²) in [6.45, 7) is 2.97. The number of hydrogen-bond donors (Lipinski definition) is 3. The average molecular weight is 271 g/mol. The van der Waals surface area contributed by atoms with Crippen LogP contribution in [0.5, 0.6) is 0 Å². The molecular weight excluding hydrogens is 254 g/mol. The molecule has 1 aromatic carbocycles. The second-order valence-corrected chi connectivity index (χ2v) is 5.53. The molecule has 0 unspecified atom stereocenters. The summed E-state index contributed by atoms with van der Waals surface area (Å²) >= 11 is 0. The summed E-state index contributed by atoms with van der Waals surface area (Å²) in [7, 11) is -3.74. The van der Waals surface area contributed by atoms with Gasteiger partial charge >= 0.3 is 0 Å². The van der Waals surface area contributed by atoms with E-state index in [0.717, 1.165) is 0 Å². The zero-order valence-corrected chi connectivity index (χ0v) is 10.7. The Balaban J connectivity index is 2.84. The predicted molar refractivity (Wildman–Crippen MR) is 68.5 cm³/mol. The topological polar surface area (TPSA) is 86.6 Å². The van der Waals surface area contributed by atoms with E-state index in [-0.39, 0.29) is 11.3 Å².